The molecule has 1 aromatic heterocycles. The maximum Gasteiger partial charge on any atom is 0.251 e. The minimum Gasteiger partial charge on any atom is -0.352 e. The summed E-state index contributed by atoms with van der Waals surface area (Å²) in [5, 5.41) is 4.51. The SMILES string of the molecule is O=C(NCCc1ccc(Cl)cc1)c1ccc(CN2C(=O)CSc3ncccc32)cc1. The Kier molecular flexibility index (Phi) is 6.35. The van der Waals surface area contributed by atoms with Crippen LogP contribution in [0.15, 0.2) is 71.9 Å². The van der Waals surface area contributed by atoms with Gasteiger partial charge in [0.1, 0.15) is 5.03 Å². The van der Waals surface area contributed by atoms with Gasteiger partial charge in [0.15, 0.2) is 0 Å². The summed E-state index contributed by atoms with van der Waals surface area (Å²) in [6.07, 6.45) is 2.48. The number of rotatable bonds is 6. The van der Waals surface area contributed by atoms with E-state index in [0.29, 0.717) is 29.4 Å². The molecule has 2 amide bonds. The zero-order valence-corrected chi connectivity index (χ0v) is 17.7. The Balaban J connectivity index is 1.35. The van der Waals surface area contributed by atoms with E-state index in [1.54, 1.807) is 23.2 Å². The van der Waals surface area contributed by atoms with Gasteiger partial charge in [-0.1, -0.05) is 47.6 Å². The lowest BCUT2D eigenvalue weighted by Gasteiger charge is -2.28. The molecule has 4 rings (SSSR count). The Morgan fingerprint density at radius 2 is 1.80 bits per heavy atom. The second-order valence-electron chi connectivity index (χ2n) is 6.93. The van der Waals surface area contributed by atoms with E-state index in [9.17, 15) is 9.59 Å². The normalized spacial score (nSPS) is 13.1. The van der Waals surface area contributed by atoms with Crippen molar-refractivity contribution < 1.29 is 9.59 Å². The topological polar surface area (TPSA) is 62.3 Å². The Bertz CT molecular complexity index is 1050. The summed E-state index contributed by atoms with van der Waals surface area (Å²) < 4.78 is 0. The largest absolute Gasteiger partial charge is 0.352 e. The van der Waals surface area contributed by atoms with Gasteiger partial charge in [-0.25, -0.2) is 4.98 Å². The van der Waals surface area contributed by atoms with E-state index in [4.69, 9.17) is 11.6 Å². The molecule has 1 N–H and O–H groups in total. The lowest BCUT2D eigenvalue weighted by Crippen LogP contribution is -2.35. The molecule has 0 unspecified atom stereocenters. The number of carbonyl (C=O) groups is 2. The summed E-state index contributed by atoms with van der Waals surface area (Å²) in [5.41, 5.74) is 3.51. The van der Waals surface area contributed by atoms with Crippen LogP contribution in [0.3, 0.4) is 0 Å². The van der Waals surface area contributed by atoms with Gasteiger partial charge in [0.25, 0.3) is 5.91 Å². The molecule has 3 aromatic rings. The third-order valence-electron chi connectivity index (χ3n) is 4.84. The molecule has 1 aliphatic rings. The summed E-state index contributed by atoms with van der Waals surface area (Å²) >= 11 is 7.35. The third kappa shape index (κ3) is 4.83. The van der Waals surface area contributed by atoms with E-state index in [-0.39, 0.29) is 11.8 Å². The molecule has 152 valence electrons. The number of thioether (sulfide) groups is 1. The highest BCUT2D eigenvalue weighted by molar-refractivity contribution is 8.00. The number of fused-ring (bicyclic) bond motifs is 1. The second kappa shape index (κ2) is 9.32. The van der Waals surface area contributed by atoms with Crippen LogP contribution >= 0.6 is 23.4 Å². The first-order chi connectivity index (χ1) is 14.6. The molecule has 0 fully saturated rings. The number of benzene rings is 2. The number of halogens is 1. The molecule has 0 saturated heterocycles. The fourth-order valence-electron chi connectivity index (χ4n) is 3.23. The first-order valence-corrected chi connectivity index (χ1v) is 11.0. The van der Waals surface area contributed by atoms with Crippen LogP contribution in [0, 0.1) is 0 Å². The molecule has 5 nitrogen and oxygen atoms in total. The molecule has 0 radical (unpaired) electrons. The zero-order chi connectivity index (χ0) is 20.9. The van der Waals surface area contributed by atoms with Crippen molar-refractivity contribution in [2.45, 2.75) is 18.0 Å². The summed E-state index contributed by atoms with van der Waals surface area (Å²) in [5.74, 6) is 0.331. The number of nitrogens with one attached hydrogen (secondary N) is 1. The Hall–Kier alpha value is -2.83. The van der Waals surface area contributed by atoms with Crippen LogP contribution in [0.25, 0.3) is 0 Å². The van der Waals surface area contributed by atoms with Crippen LogP contribution in [0.1, 0.15) is 21.5 Å². The van der Waals surface area contributed by atoms with Crippen molar-refractivity contribution >= 4 is 40.9 Å². The van der Waals surface area contributed by atoms with Gasteiger partial charge in [-0.05, 0) is 53.9 Å². The van der Waals surface area contributed by atoms with Gasteiger partial charge in [-0.3, -0.25) is 9.59 Å². The third-order valence-corrected chi connectivity index (χ3v) is 6.08. The van der Waals surface area contributed by atoms with Crippen molar-refractivity contribution in [1.82, 2.24) is 10.3 Å². The highest BCUT2D eigenvalue weighted by Gasteiger charge is 2.25. The lowest BCUT2D eigenvalue weighted by molar-refractivity contribution is -0.116. The summed E-state index contributed by atoms with van der Waals surface area (Å²) in [7, 11) is 0. The molecule has 0 atom stereocenters. The van der Waals surface area contributed by atoms with E-state index >= 15 is 0 Å². The van der Waals surface area contributed by atoms with E-state index < -0.39 is 0 Å². The van der Waals surface area contributed by atoms with Gasteiger partial charge in [-0.2, -0.15) is 0 Å². The number of aromatic nitrogens is 1. The minimum absolute atomic E-state index is 0.0597. The Morgan fingerprint density at radius 1 is 1.07 bits per heavy atom. The van der Waals surface area contributed by atoms with Crippen LogP contribution in [-0.4, -0.2) is 29.1 Å². The van der Waals surface area contributed by atoms with Gasteiger partial charge in [0.05, 0.1) is 18.0 Å². The maximum atomic E-state index is 12.4. The fraction of sp³-hybridized carbons (Fsp3) is 0.174. The Labute approximate surface area is 184 Å². The lowest BCUT2D eigenvalue weighted by atomic mass is 10.1. The molecule has 0 bridgehead atoms. The smallest absolute Gasteiger partial charge is 0.251 e. The van der Waals surface area contributed by atoms with Gasteiger partial charge in [-0.15, -0.1) is 0 Å². The minimum atomic E-state index is -0.115. The molecule has 0 aliphatic carbocycles. The monoisotopic (exact) mass is 437 g/mol. The first-order valence-electron chi connectivity index (χ1n) is 9.60. The fourth-order valence-corrected chi connectivity index (χ4v) is 4.24. The molecular weight excluding hydrogens is 418 g/mol. The first kappa shape index (κ1) is 20.4. The standard InChI is InChI=1S/C23H20ClN3O2S/c24-19-9-5-16(6-10-19)11-13-25-22(29)18-7-3-17(4-8-18)14-27-20-2-1-12-26-23(20)30-15-21(27)28/h1-10,12H,11,13-15H2,(H,25,29). The van der Waals surface area contributed by atoms with Crippen molar-refractivity contribution in [2.24, 2.45) is 0 Å². The van der Waals surface area contributed by atoms with E-state index in [1.165, 1.54) is 11.8 Å². The number of pyridine rings is 1. The zero-order valence-electron chi connectivity index (χ0n) is 16.2. The molecular formula is C23H20ClN3O2S. The highest BCUT2D eigenvalue weighted by atomic mass is 35.5. The molecule has 0 saturated carbocycles. The van der Waals surface area contributed by atoms with E-state index in [2.05, 4.69) is 10.3 Å². The van der Waals surface area contributed by atoms with Gasteiger partial charge < -0.3 is 10.2 Å². The predicted molar refractivity (Wildman–Crippen MR) is 120 cm³/mol. The summed E-state index contributed by atoms with van der Waals surface area (Å²) in [6, 6.07) is 18.7. The molecule has 30 heavy (non-hydrogen) atoms. The van der Waals surface area contributed by atoms with Crippen LogP contribution in [0.4, 0.5) is 5.69 Å². The molecule has 2 heterocycles. The Morgan fingerprint density at radius 3 is 2.57 bits per heavy atom. The highest BCUT2D eigenvalue weighted by Crippen LogP contribution is 2.33. The van der Waals surface area contributed by atoms with Gasteiger partial charge in [0, 0.05) is 23.3 Å². The number of hydrogen-bond acceptors (Lipinski definition) is 4. The van der Waals surface area contributed by atoms with Crippen molar-refractivity contribution in [3.05, 3.63) is 88.6 Å². The van der Waals surface area contributed by atoms with Crippen molar-refractivity contribution in [1.29, 1.82) is 0 Å². The number of carbonyl (C=O) groups excluding carboxylic acids is 2. The molecule has 1 aliphatic heterocycles. The molecule has 7 heteroatoms. The number of amides is 2. The van der Waals surface area contributed by atoms with Crippen LogP contribution in [-0.2, 0) is 17.8 Å². The quantitative estimate of drug-likeness (QED) is 0.622. The summed E-state index contributed by atoms with van der Waals surface area (Å²) in [6.45, 7) is 1.00. The van der Waals surface area contributed by atoms with E-state index in [1.807, 2.05) is 48.5 Å². The molecule has 0 spiro atoms. The van der Waals surface area contributed by atoms with Crippen LogP contribution < -0.4 is 10.2 Å². The van der Waals surface area contributed by atoms with Gasteiger partial charge in [0.2, 0.25) is 5.91 Å². The average molecular weight is 438 g/mol. The van der Waals surface area contributed by atoms with Crippen molar-refractivity contribution in [2.75, 3.05) is 17.2 Å². The number of anilines is 1. The van der Waals surface area contributed by atoms with Crippen molar-refractivity contribution in [3.63, 3.8) is 0 Å². The number of hydrogen-bond donors (Lipinski definition) is 1. The maximum absolute atomic E-state index is 12.4. The second-order valence-corrected chi connectivity index (χ2v) is 8.33. The van der Waals surface area contributed by atoms with Gasteiger partial charge >= 0.3 is 0 Å². The number of nitrogens with zero attached hydrogens (tertiary/aromatic N) is 2. The molecule has 2 aromatic carbocycles. The van der Waals surface area contributed by atoms with Crippen LogP contribution in [0.5, 0.6) is 0 Å². The predicted octanol–water partition coefficient (Wildman–Crippen LogP) is 4.35. The summed E-state index contributed by atoms with van der Waals surface area (Å²) in [4.78, 5) is 30.9. The van der Waals surface area contributed by atoms with E-state index in [0.717, 1.165) is 28.3 Å². The van der Waals surface area contributed by atoms with Crippen LogP contribution in [0.2, 0.25) is 5.02 Å². The van der Waals surface area contributed by atoms with Crippen molar-refractivity contribution in [3.8, 4) is 0 Å². The average Bonchev–Trinajstić information content (AvgIpc) is 2.77.